The van der Waals surface area contributed by atoms with Crippen LogP contribution in [0.2, 0.25) is 0 Å². The maximum Gasteiger partial charge on any atom is 0.161 e. The van der Waals surface area contributed by atoms with Crippen molar-refractivity contribution in [3.05, 3.63) is 52.3 Å². The van der Waals surface area contributed by atoms with E-state index in [-0.39, 0.29) is 0 Å². The zero-order valence-corrected chi connectivity index (χ0v) is 12.7. The van der Waals surface area contributed by atoms with Gasteiger partial charge in [0, 0.05) is 16.5 Å². The van der Waals surface area contributed by atoms with E-state index in [1.807, 2.05) is 30.3 Å². The fraction of sp³-hybridized carbons (Fsp3) is 0.214. The first-order chi connectivity index (χ1) is 9.22. The molecule has 1 aromatic carbocycles. The Kier molecular flexibility index (Phi) is 5.05. The first kappa shape index (κ1) is 14.2. The number of nitrogens with zero attached hydrogens (tertiary/aromatic N) is 1. The van der Waals surface area contributed by atoms with Gasteiger partial charge in [0.1, 0.15) is 6.61 Å². The van der Waals surface area contributed by atoms with Gasteiger partial charge in [-0.05, 0) is 45.8 Å². The highest BCUT2D eigenvalue weighted by Crippen LogP contribution is 2.29. The highest BCUT2D eigenvalue weighted by atomic mass is 79.9. The number of alkyl halides is 1. The molecule has 0 aliphatic carbocycles. The second kappa shape index (κ2) is 6.78. The number of aromatic nitrogens is 1. The lowest BCUT2D eigenvalue weighted by molar-refractivity contribution is 0.280. The van der Waals surface area contributed by atoms with Gasteiger partial charge in [-0.2, -0.15) is 0 Å². The summed E-state index contributed by atoms with van der Waals surface area (Å²) < 4.78 is 11.9. The molecule has 19 heavy (non-hydrogen) atoms. The minimum Gasteiger partial charge on any atom is -0.493 e. The quantitative estimate of drug-likeness (QED) is 0.764. The van der Waals surface area contributed by atoms with E-state index >= 15 is 0 Å². The first-order valence-electron chi connectivity index (χ1n) is 5.69. The van der Waals surface area contributed by atoms with Gasteiger partial charge in [0.15, 0.2) is 11.5 Å². The second-order valence-electron chi connectivity index (χ2n) is 3.88. The normalized spacial score (nSPS) is 10.3. The van der Waals surface area contributed by atoms with E-state index in [0.717, 1.165) is 15.7 Å². The fourth-order valence-corrected chi connectivity index (χ4v) is 1.96. The number of ether oxygens (including phenoxy) is 2. The third kappa shape index (κ3) is 3.85. The van der Waals surface area contributed by atoms with Crippen molar-refractivity contribution < 1.29 is 9.47 Å². The molecule has 100 valence electrons. The summed E-state index contributed by atoms with van der Waals surface area (Å²) in [5.41, 5.74) is 1.85. The Morgan fingerprint density at radius 2 is 2.05 bits per heavy atom. The van der Waals surface area contributed by atoms with Crippen molar-refractivity contribution in [1.29, 1.82) is 0 Å². The van der Waals surface area contributed by atoms with Crippen LogP contribution in [-0.2, 0) is 12.5 Å². The minimum atomic E-state index is 0.393. The van der Waals surface area contributed by atoms with Gasteiger partial charge >= 0.3 is 0 Å². The van der Waals surface area contributed by atoms with Crippen molar-refractivity contribution in [3.63, 3.8) is 0 Å². The van der Waals surface area contributed by atoms with Crippen LogP contribution in [0.4, 0.5) is 0 Å². The fourth-order valence-electron chi connectivity index (χ4n) is 1.56. The van der Waals surface area contributed by atoms with Crippen molar-refractivity contribution in [1.82, 2.24) is 4.98 Å². The van der Waals surface area contributed by atoms with Gasteiger partial charge in [0.05, 0.1) is 12.8 Å². The zero-order chi connectivity index (χ0) is 13.7. The lowest BCUT2D eigenvalue weighted by atomic mass is 10.2. The predicted octanol–water partition coefficient (Wildman–Crippen LogP) is 4.17. The number of pyridine rings is 1. The smallest absolute Gasteiger partial charge is 0.161 e. The lowest BCUT2D eigenvalue weighted by Crippen LogP contribution is -2.00. The van der Waals surface area contributed by atoms with Gasteiger partial charge in [-0.25, -0.2) is 0 Å². The molecule has 5 heteroatoms. The maximum absolute atomic E-state index is 5.79. The third-order valence-corrected chi connectivity index (χ3v) is 3.32. The molecule has 0 amide bonds. The number of methoxy groups -OCH3 is 1. The van der Waals surface area contributed by atoms with Crippen LogP contribution < -0.4 is 9.47 Å². The molecular weight excluding hydrogens is 330 g/mol. The number of benzene rings is 1. The lowest BCUT2D eigenvalue weighted by Gasteiger charge is -2.11. The number of halogens is 2. The van der Waals surface area contributed by atoms with Crippen LogP contribution in [-0.4, -0.2) is 12.1 Å². The summed E-state index contributed by atoms with van der Waals surface area (Å²) in [6, 6.07) is 9.48. The SMILES string of the molecule is COc1cc(CCl)ccc1OCc1ccc(Br)cn1. The van der Waals surface area contributed by atoms with E-state index in [2.05, 4.69) is 20.9 Å². The molecule has 0 spiro atoms. The standard InChI is InChI=1S/C14H13BrClNO2/c1-18-14-6-10(7-16)2-5-13(14)19-9-12-4-3-11(15)8-17-12/h2-6,8H,7,9H2,1H3. The van der Waals surface area contributed by atoms with Gasteiger partial charge in [-0.15, -0.1) is 11.6 Å². The van der Waals surface area contributed by atoms with Crippen LogP contribution in [0.1, 0.15) is 11.3 Å². The van der Waals surface area contributed by atoms with Gasteiger partial charge in [-0.1, -0.05) is 6.07 Å². The number of rotatable bonds is 5. The molecule has 2 aromatic rings. The highest BCUT2D eigenvalue weighted by Gasteiger charge is 2.06. The molecule has 1 heterocycles. The molecule has 0 fully saturated rings. The molecule has 2 rings (SSSR count). The second-order valence-corrected chi connectivity index (χ2v) is 5.06. The summed E-state index contributed by atoms with van der Waals surface area (Å²) in [6.07, 6.45) is 1.74. The van der Waals surface area contributed by atoms with Crippen molar-refractivity contribution in [2.45, 2.75) is 12.5 Å². The van der Waals surface area contributed by atoms with Crippen molar-refractivity contribution in [2.24, 2.45) is 0 Å². The summed E-state index contributed by atoms with van der Waals surface area (Å²) >= 11 is 9.13. The molecule has 1 aromatic heterocycles. The Morgan fingerprint density at radius 3 is 2.68 bits per heavy atom. The van der Waals surface area contributed by atoms with Crippen molar-refractivity contribution in [2.75, 3.05) is 7.11 Å². The summed E-state index contributed by atoms with van der Waals surface area (Å²) in [4.78, 5) is 4.25. The van der Waals surface area contributed by atoms with Crippen LogP contribution in [0.25, 0.3) is 0 Å². The number of hydrogen-bond acceptors (Lipinski definition) is 3. The van der Waals surface area contributed by atoms with Crippen LogP contribution in [0.15, 0.2) is 41.0 Å². The molecule has 0 saturated carbocycles. The third-order valence-electron chi connectivity index (χ3n) is 2.55. The Morgan fingerprint density at radius 1 is 1.21 bits per heavy atom. The average molecular weight is 343 g/mol. The minimum absolute atomic E-state index is 0.393. The Balaban J connectivity index is 2.08. The Labute approximate surface area is 125 Å². The molecule has 0 radical (unpaired) electrons. The van der Waals surface area contributed by atoms with Crippen molar-refractivity contribution in [3.8, 4) is 11.5 Å². The van der Waals surface area contributed by atoms with Crippen LogP contribution in [0.3, 0.4) is 0 Å². The molecule has 0 atom stereocenters. The predicted molar refractivity (Wildman–Crippen MR) is 78.8 cm³/mol. The van der Waals surface area contributed by atoms with E-state index in [1.54, 1.807) is 13.3 Å². The van der Waals surface area contributed by atoms with Crippen LogP contribution >= 0.6 is 27.5 Å². The average Bonchev–Trinajstić information content (AvgIpc) is 2.46. The molecule has 0 bridgehead atoms. The molecule has 0 aliphatic rings. The summed E-state index contributed by atoms with van der Waals surface area (Å²) in [5.74, 6) is 1.81. The van der Waals surface area contributed by atoms with E-state index in [0.29, 0.717) is 24.0 Å². The summed E-state index contributed by atoms with van der Waals surface area (Å²) in [7, 11) is 1.61. The van der Waals surface area contributed by atoms with Crippen LogP contribution in [0, 0.1) is 0 Å². The summed E-state index contributed by atoms with van der Waals surface area (Å²) in [5, 5.41) is 0. The molecule has 3 nitrogen and oxygen atoms in total. The molecule has 0 unspecified atom stereocenters. The van der Waals surface area contributed by atoms with E-state index in [9.17, 15) is 0 Å². The summed E-state index contributed by atoms with van der Waals surface area (Å²) in [6.45, 7) is 0.393. The van der Waals surface area contributed by atoms with E-state index in [4.69, 9.17) is 21.1 Å². The largest absolute Gasteiger partial charge is 0.493 e. The van der Waals surface area contributed by atoms with Gasteiger partial charge in [-0.3, -0.25) is 4.98 Å². The van der Waals surface area contributed by atoms with Crippen molar-refractivity contribution >= 4 is 27.5 Å². The highest BCUT2D eigenvalue weighted by molar-refractivity contribution is 9.10. The van der Waals surface area contributed by atoms with E-state index in [1.165, 1.54) is 0 Å². The molecule has 0 N–H and O–H groups in total. The zero-order valence-electron chi connectivity index (χ0n) is 10.4. The van der Waals surface area contributed by atoms with E-state index < -0.39 is 0 Å². The molecular formula is C14H13BrClNO2. The Bertz CT molecular complexity index is 546. The maximum atomic E-state index is 5.79. The number of hydrogen-bond donors (Lipinski definition) is 0. The van der Waals surface area contributed by atoms with Gasteiger partial charge < -0.3 is 9.47 Å². The molecule has 0 aliphatic heterocycles. The Hall–Kier alpha value is -1.26. The first-order valence-corrected chi connectivity index (χ1v) is 7.02. The molecule has 0 saturated heterocycles. The van der Waals surface area contributed by atoms with Crippen LogP contribution in [0.5, 0.6) is 11.5 Å². The topological polar surface area (TPSA) is 31.4 Å². The monoisotopic (exact) mass is 341 g/mol. The van der Waals surface area contributed by atoms with Gasteiger partial charge in [0.25, 0.3) is 0 Å². The van der Waals surface area contributed by atoms with Gasteiger partial charge in [0.2, 0.25) is 0 Å².